The smallest absolute Gasteiger partial charge is 0.180 e. The van der Waals surface area contributed by atoms with E-state index in [-0.39, 0.29) is 5.78 Å². The van der Waals surface area contributed by atoms with E-state index in [9.17, 15) is 4.79 Å². The van der Waals surface area contributed by atoms with Crippen molar-refractivity contribution in [2.45, 2.75) is 13.3 Å². The van der Waals surface area contributed by atoms with Crippen molar-refractivity contribution in [3.63, 3.8) is 0 Å². The van der Waals surface area contributed by atoms with Gasteiger partial charge in [0.15, 0.2) is 5.78 Å². The van der Waals surface area contributed by atoms with Crippen molar-refractivity contribution >= 4 is 5.78 Å². The number of Topliss-reactive ketones (excluding diaryl/α,β-unsaturated/α-hetero) is 1. The van der Waals surface area contributed by atoms with Crippen molar-refractivity contribution in [1.29, 1.82) is 5.26 Å². The zero-order chi connectivity index (χ0) is 8.97. The van der Waals surface area contributed by atoms with Crippen molar-refractivity contribution in [3.05, 3.63) is 29.6 Å². The Hall–Kier alpha value is -1.69. The molecular weight excluding hydrogens is 152 g/mol. The summed E-state index contributed by atoms with van der Waals surface area (Å²) in [6.07, 6.45) is 1.89. The molecule has 0 aliphatic rings. The molecule has 0 aliphatic carbocycles. The molecule has 1 aromatic rings. The highest BCUT2D eigenvalue weighted by Gasteiger charge is 2.04. The average Bonchev–Trinajstić information content (AvgIpc) is 2.17. The van der Waals surface area contributed by atoms with Crippen LogP contribution >= 0.6 is 0 Å². The van der Waals surface area contributed by atoms with Gasteiger partial charge in [-0.05, 0) is 12.1 Å². The number of hydrogen-bond donors (Lipinski definition) is 0. The number of carbonyl (C=O) groups is 1. The van der Waals surface area contributed by atoms with Crippen LogP contribution in [0.15, 0.2) is 18.3 Å². The van der Waals surface area contributed by atoms with Gasteiger partial charge in [-0.3, -0.25) is 9.78 Å². The number of hydrogen-bond acceptors (Lipinski definition) is 3. The summed E-state index contributed by atoms with van der Waals surface area (Å²) in [7, 11) is 0. The summed E-state index contributed by atoms with van der Waals surface area (Å²) in [5, 5.41) is 8.53. The van der Waals surface area contributed by atoms with Crippen LogP contribution in [0, 0.1) is 11.3 Å². The summed E-state index contributed by atoms with van der Waals surface area (Å²) >= 11 is 0. The molecule has 0 atom stereocenters. The number of nitrogens with zero attached hydrogens (tertiary/aromatic N) is 2. The number of ketones is 1. The summed E-state index contributed by atoms with van der Waals surface area (Å²) < 4.78 is 0. The number of nitriles is 1. The van der Waals surface area contributed by atoms with Crippen molar-refractivity contribution < 1.29 is 4.79 Å². The van der Waals surface area contributed by atoms with Gasteiger partial charge in [0.05, 0.1) is 11.6 Å². The van der Waals surface area contributed by atoms with Crippen LogP contribution in [0.25, 0.3) is 0 Å². The molecule has 0 saturated carbocycles. The first-order valence-corrected chi connectivity index (χ1v) is 3.67. The molecule has 0 aliphatic heterocycles. The van der Waals surface area contributed by atoms with Crippen LogP contribution in [0.5, 0.6) is 0 Å². The fourth-order valence-corrected chi connectivity index (χ4v) is 0.834. The summed E-state index contributed by atoms with van der Waals surface area (Å²) in [6, 6.07) is 5.04. The zero-order valence-corrected chi connectivity index (χ0v) is 6.74. The first-order chi connectivity index (χ1) is 5.77. The second-order valence-electron chi connectivity index (χ2n) is 2.32. The molecule has 0 spiro atoms. The molecule has 1 heterocycles. The van der Waals surface area contributed by atoms with Gasteiger partial charge < -0.3 is 0 Å². The van der Waals surface area contributed by atoms with Crippen molar-refractivity contribution in [2.24, 2.45) is 0 Å². The molecule has 1 aromatic heterocycles. The second kappa shape index (κ2) is 3.63. The lowest BCUT2D eigenvalue weighted by Crippen LogP contribution is -1.99. The Kier molecular flexibility index (Phi) is 2.54. The Bertz CT molecular complexity index is 339. The molecule has 0 unspecified atom stereocenters. The Balaban J connectivity index is 3.04. The van der Waals surface area contributed by atoms with E-state index >= 15 is 0 Å². The molecule has 60 valence electrons. The Morgan fingerprint density at radius 3 is 3.08 bits per heavy atom. The van der Waals surface area contributed by atoms with Crippen LogP contribution in [0.4, 0.5) is 0 Å². The molecule has 3 nitrogen and oxygen atoms in total. The van der Waals surface area contributed by atoms with Gasteiger partial charge in [0.25, 0.3) is 0 Å². The fourth-order valence-electron chi connectivity index (χ4n) is 0.834. The molecule has 0 aromatic carbocycles. The molecule has 0 N–H and O–H groups in total. The van der Waals surface area contributed by atoms with Gasteiger partial charge in [0.2, 0.25) is 0 Å². The highest BCUT2D eigenvalue weighted by molar-refractivity contribution is 5.94. The first-order valence-electron chi connectivity index (χ1n) is 3.67. The lowest BCUT2D eigenvalue weighted by molar-refractivity contribution is 0.0983. The lowest BCUT2D eigenvalue weighted by Gasteiger charge is -1.95. The van der Waals surface area contributed by atoms with Gasteiger partial charge in [-0.25, -0.2) is 0 Å². The van der Waals surface area contributed by atoms with E-state index in [4.69, 9.17) is 5.26 Å². The maximum absolute atomic E-state index is 11.1. The summed E-state index contributed by atoms with van der Waals surface area (Å²) in [5.41, 5.74) is 0.846. The first kappa shape index (κ1) is 8.41. The van der Waals surface area contributed by atoms with E-state index < -0.39 is 0 Å². The normalized spacial score (nSPS) is 9.00. The second-order valence-corrected chi connectivity index (χ2v) is 2.32. The highest BCUT2D eigenvalue weighted by Crippen LogP contribution is 2.02. The van der Waals surface area contributed by atoms with Crippen LogP contribution in [0.1, 0.15) is 29.4 Å². The Labute approximate surface area is 70.7 Å². The number of rotatable bonds is 2. The molecule has 1 rings (SSSR count). The van der Waals surface area contributed by atoms with Gasteiger partial charge in [-0.1, -0.05) is 6.92 Å². The minimum atomic E-state index is -0.0351. The molecular formula is C9H8N2O. The van der Waals surface area contributed by atoms with Crippen molar-refractivity contribution in [1.82, 2.24) is 4.98 Å². The number of pyridine rings is 1. The maximum Gasteiger partial charge on any atom is 0.180 e. The largest absolute Gasteiger partial charge is 0.292 e. The van der Waals surface area contributed by atoms with Crippen LogP contribution in [0.3, 0.4) is 0 Å². The van der Waals surface area contributed by atoms with Gasteiger partial charge in [-0.15, -0.1) is 0 Å². The van der Waals surface area contributed by atoms with E-state index in [1.54, 1.807) is 13.0 Å². The minimum absolute atomic E-state index is 0.0351. The standard InChI is InChI=1S/C9H8N2O/c1-2-9(12)8-5-7(6-10)3-4-11-8/h3-5H,2H2,1H3. The summed E-state index contributed by atoms with van der Waals surface area (Å²) in [6.45, 7) is 1.77. The van der Waals surface area contributed by atoms with Crippen LogP contribution < -0.4 is 0 Å². The molecule has 0 amide bonds. The Morgan fingerprint density at radius 1 is 1.75 bits per heavy atom. The van der Waals surface area contributed by atoms with E-state index in [1.165, 1.54) is 12.3 Å². The predicted octanol–water partition coefficient (Wildman–Crippen LogP) is 1.55. The third kappa shape index (κ3) is 1.67. The van der Waals surface area contributed by atoms with Crippen molar-refractivity contribution in [2.75, 3.05) is 0 Å². The van der Waals surface area contributed by atoms with E-state index in [1.807, 2.05) is 6.07 Å². The Morgan fingerprint density at radius 2 is 2.50 bits per heavy atom. The lowest BCUT2D eigenvalue weighted by atomic mass is 10.1. The third-order valence-corrected chi connectivity index (χ3v) is 1.50. The van der Waals surface area contributed by atoms with Crippen molar-refractivity contribution in [3.8, 4) is 6.07 Å². The van der Waals surface area contributed by atoms with Crippen LogP contribution in [-0.2, 0) is 0 Å². The monoisotopic (exact) mass is 160 g/mol. The topological polar surface area (TPSA) is 53.8 Å². The SMILES string of the molecule is CCC(=O)c1cc(C#N)ccn1. The molecule has 0 saturated heterocycles. The minimum Gasteiger partial charge on any atom is -0.292 e. The average molecular weight is 160 g/mol. The predicted molar refractivity (Wildman–Crippen MR) is 43.6 cm³/mol. The molecule has 12 heavy (non-hydrogen) atoms. The fraction of sp³-hybridized carbons (Fsp3) is 0.222. The van der Waals surface area contributed by atoms with E-state index in [0.717, 1.165) is 0 Å². The third-order valence-electron chi connectivity index (χ3n) is 1.50. The number of carbonyl (C=O) groups excluding carboxylic acids is 1. The molecule has 0 fully saturated rings. The van der Waals surface area contributed by atoms with Crippen LogP contribution in [-0.4, -0.2) is 10.8 Å². The summed E-state index contributed by atoms with van der Waals surface area (Å²) in [5.74, 6) is -0.0351. The van der Waals surface area contributed by atoms with Gasteiger partial charge in [0, 0.05) is 12.6 Å². The van der Waals surface area contributed by atoms with Gasteiger partial charge >= 0.3 is 0 Å². The molecule has 0 radical (unpaired) electrons. The van der Waals surface area contributed by atoms with Crippen LogP contribution in [0.2, 0.25) is 0 Å². The van der Waals surface area contributed by atoms with Gasteiger partial charge in [-0.2, -0.15) is 5.26 Å². The van der Waals surface area contributed by atoms with E-state index in [2.05, 4.69) is 4.98 Å². The molecule has 0 bridgehead atoms. The number of aromatic nitrogens is 1. The van der Waals surface area contributed by atoms with Gasteiger partial charge in [0.1, 0.15) is 5.69 Å². The molecule has 3 heteroatoms. The maximum atomic E-state index is 11.1. The van der Waals surface area contributed by atoms with E-state index in [0.29, 0.717) is 17.7 Å². The summed E-state index contributed by atoms with van der Waals surface area (Å²) in [4.78, 5) is 15.0. The highest BCUT2D eigenvalue weighted by atomic mass is 16.1. The quantitative estimate of drug-likeness (QED) is 0.616. The zero-order valence-electron chi connectivity index (χ0n) is 6.74.